The lowest BCUT2D eigenvalue weighted by molar-refractivity contribution is 0.425. The molecule has 0 aliphatic heterocycles. The third-order valence-corrected chi connectivity index (χ3v) is 2.19. The van der Waals surface area contributed by atoms with Crippen LogP contribution >= 0.6 is 0 Å². The van der Waals surface area contributed by atoms with Crippen molar-refractivity contribution in [2.45, 2.75) is 19.3 Å². The fourth-order valence-electron chi connectivity index (χ4n) is 1.15. The Kier molecular flexibility index (Phi) is 2.95. The second-order valence-electron chi connectivity index (χ2n) is 3.74. The molecule has 1 aromatic carbocycles. The number of nitrogens with zero attached hydrogens (tertiary/aromatic N) is 1. The first-order valence-corrected chi connectivity index (χ1v) is 4.35. The molecule has 0 amide bonds. The summed E-state index contributed by atoms with van der Waals surface area (Å²) in [6.45, 7) is 3.58. The van der Waals surface area contributed by atoms with Crippen LogP contribution in [0.25, 0.3) is 0 Å². The lowest BCUT2D eigenvalue weighted by atomic mass is 9.76. The molecule has 0 radical (unpaired) electrons. The van der Waals surface area contributed by atoms with Crippen LogP contribution in [0.15, 0.2) is 24.3 Å². The zero-order valence-electron chi connectivity index (χ0n) is 8.23. The van der Waals surface area contributed by atoms with Crippen LogP contribution in [-0.2, 0) is 5.41 Å². The topological polar surface area (TPSA) is 64.2 Å². The maximum Gasteiger partial charge on any atom is 0.488 e. The number of benzene rings is 1. The van der Waals surface area contributed by atoms with Gasteiger partial charge in [0.1, 0.15) is 0 Å². The van der Waals surface area contributed by atoms with E-state index >= 15 is 0 Å². The molecule has 0 saturated carbocycles. The third-order valence-electron chi connectivity index (χ3n) is 2.19. The summed E-state index contributed by atoms with van der Waals surface area (Å²) >= 11 is 0. The summed E-state index contributed by atoms with van der Waals surface area (Å²) in [5, 5.41) is 26.8. The Labute approximate surface area is 83.8 Å². The first-order chi connectivity index (χ1) is 6.47. The Morgan fingerprint density at radius 1 is 1.36 bits per heavy atom. The molecule has 1 aromatic rings. The van der Waals surface area contributed by atoms with E-state index in [1.807, 2.05) is 0 Å². The van der Waals surface area contributed by atoms with Crippen molar-refractivity contribution in [1.29, 1.82) is 5.26 Å². The van der Waals surface area contributed by atoms with E-state index < -0.39 is 12.5 Å². The van der Waals surface area contributed by atoms with Crippen molar-refractivity contribution in [3.05, 3.63) is 29.8 Å². The third kappa shape index (κ3) is 2.14. The molecule has 0 saturated heterocycles. The number of nitriles is 1. The summed E-state index contributed by atoms with van der Waals surface area (Å²) in [5.74, 6) is 0. The minimum Gasteiger partial charge on any atom is -0.423 e. The van der Waals surface area contributed by atoms with Gasteiger partial charge in [-0.05, 0) is 24.9 Å². The summed E-state index contributed by atoms with van der Waals surface area (Å²) in [4.78, 5) is 0. The molecule has 2 N–H and O–H groups in total. The molecule has 14 heavy (non-hydrogen) atoms. The van der Waals surface area contributed by atoms with E-state index in [1.165, 1.54) is 0 Å². The Hall–Kier alpha value is -1.31. The predicted octanol–water partition coefficient (Wildman–Crippen LogP) is 0.168. The molecule has 4 heteroatoms. The van der Waals surface area contributed by atoms with Crippen LogP contribution in [0, 0.1) is 11.3 Å². The molecule has 0 bridgehead atoms. The maximum absolute atomic E-state index is 8.96. The fourth-order valence-corrected chi connectivity index (χ4v) is 1.15. The standard InChI is InChI=1S/C10H12BNO2/c1-10(2,7-12)8-4-3-5-9(6-8)11(13)14/h3-6,13-14H,1-2H3. The largest absolute Gasteiger partial charge is 0.488 e. The number of hydrogen-bond donors (Lipinski definition) is 2. The maximum atomic E-state index is 8.96. The molecule has 1 rings (SSSR count). The van der Waals surface area contributed by atoms with Gasteiger partial charge in [-0.15, -0.1) is 0 Å². The lowest BCUT2D eigenvalue weighted by Gasteiger charge is -2.16. The predicted molar refractivity (Wildman–Crippen MR) is 54.9 cm³/mol. The highest BCUT2D eigenvalue weighted by Gasteiger charge is 2.21. The Bertz CT molecular complexity index is 369. The number of hydrogen-bond acceptors (Lipinski definition) is 3. The van der Waals surface area contributed by atoms with Gasteiger partial charge in [0, 0.05) is 0 Å². The normalized spacial score (nSPS) is 10.8. The van der Waals surface area contributed by atoms with Crippen molar-refractivity contribution < 1.29 is 10.0 Å². The van der Waals surface area contributed by atoms with Crippen molar-refractivity contribution >= 4 is 12.6 Å². The smallest absolute Gasteiger partial charge is 0.423 e. The van der Waals surface area contributed by atoms with Crippen LogP contribution in [0.1, 0.15) is 19.4 Å². The number of rotatable bonds is 2. The van der Waals surface area contributed by atoms with Gasteiger partial charge in [0.25, 0.3) is 0 Å². The molecular formula is C10H12BNO2. The molecule has 0 aromatic heterocycles. The molecule has 3 nitrogen and oxygen atoms in total. The molecular weight excluding hydrogens is 177 g/mol. The first kappa shape index (κ1) is 10.8. The summed E-state index contributed by atoms with van der Waals surface area (Å²) in [7, 11) is -1.48. The zero-order chi connectivity index (χ0) is 10.8. The first-order valence-electron chi connectivity index (χ1n) is 4.35. The molecule has 0 aliphatic carbocycles. The van der Waals surface area contributed by atoms with Crippen LogP contribution in [0.3, 0.4) is 0 Å². The zero-order valence-corrected chi connectivity index (χ0v) is 8.23. The molecule has 0 atom stereocenters. The van der Waals surface area contributed by atoms with E-state index in [9.17, 15) is 0 Å². The summed E-state index contributed by atoms with van der Waals surface area (Å²) in [5.41, 5.74) is 0.585. The van der Waals surface area contributed by atoms with Crippen molar-refractivity contribution in [2.75, 3.05) is 0 Å². The molecule has 0 aliphatic rings. The highest BCUT2D eigenvalue weighted by atomic mass is 16.4. The van der Waals surface area contributed by atoms with Gasteiger partial charge in [-0.2, -0.15) is 5.26 Å². The quantitative estimate of drug-likeness (QED) is 0.651. The van der Waals surface area contributed by atoms with E-state index in [2.05, 4.69) is 6.07 Å². The van der Waals surface area contributed by atoms with Crippen LogP contribution in [0.4, 0.5) is 0 Å². The second kappa shape index (κ2) is 3.83. The monoisotopic (exact) mass is 189 g/mol. The van der Waals surface area contributed by atoms with Crippen LogP contribution in [0.2, 0.25) is 0 Å². The molecule has 0 fully saturated rings. The SMILES string of the molecule is CC(C)(C#N)c1cccc(B(O)O)c1. The van der Waals surface area contributed by atoms with Crippen molar-refractivity contribution in [2.24, 2.45) is 0 Å². The summed E-state index contributed by atoms with van der Waals surface area (Å²) < 4.78 is 0. The highest BCUT2D eigenvalue weighted by molar-refractivity contribution is 6.58. The minimum absolute atomic E-state index is 0.408. The van der Waals surface area contributed by atoms with Crippen molar-refractivity contribution in [1.82, 2.24) is 0 Å². The second-order valence-corrected chi connectivity index (χ2v) is 3.74. The van der Waals surface area contributed by atoms with E-state index in [1.54, 1.807) is 38.1 Å². The molecule has 72 valence electrons. The van der Waals surface area contributed by atoms with E-state index in [0.717, 1.165) is 5.56 Å². The summed E-state index contributed by atoms with van der Waals surface area (Å²) in [6, 6.07) is 8.92. The molecule has 0 heterocycles. The Balaban J connectivity index is 3.14. The van der Waals surface area contributed by atoms with Gasteiger partial charge >= 0.3 is 7.12 Å². The average Bonchev–Trinajstić information content (AvgIpc) is 2.18. The van der Waals surface area contributed by atoms with Gasteiger partial charge in [-0.3, -0.25) is 0 Å². The van der Waals surface area contributed by atoms with E-state index in [4.69, 9.17) is 15.3 Å². The molecule has 0 unspecified atom stereocenters. The lowest BCUT2D eigenvalue weighted by Crippen LogP contribution is -2.31. The average molecular weight is 189 g/mol. The fraction of sp³-hybridized carbons (Fsp3) is 0.300. The van der Waals surface area contributed by atoms with Crippen LogP contribution < -0.4 is 5.46 Å². The van der Waals surface area contributed by atoms with Crippen molar-refractivity contribution in [3.8, 4) is 6.07 Å². The highest BCUT2D eigenvalue weighted by Crippen LogP contribution is 2.20. The van der Waals surface area contributed by atoms with Crippen LogP contribution in [-0.4, -0.2) is 17.2 Å². The van der Waals surface area contributed by atoms with Gasteiger partial charge in [-0.25, -0.2) is 0 Å². The summed E-state index contributed by atoms with van der Waals surface area (Å²) in [6.07, 6.45) is 0. The van der Waals surface area contributed by atoms with Gasteiger partial charge in [0.05, 0.1) is 11.5 Å². The van der Waals surface area contributed by atoms with Crippen molar-refractivity contribution in [3.63, 3.8) is 0 Å². The Morgan fingerprint density at radius 3 is 2.50 bits per heavy atom. The van der Waals surface area contributed by atoms with E-state index in [-0.39, 0.29) is 0 Å². The van der Waals surface area contributed by atoms with Gasteiger partial charge in [0.15, 0.2) is 0 Å². The van der Waals surface area contributed by atoms with Crippen LogP contribution in [0.5, 0.6) is 0 Å². The van der Waals surface area contributed by atoms with Gasteiger partial charge < -0.3 is 10.0 Å². The van der Waals surface area contributed by atoms with E-state index in [0.29, 0.717) is 5.46 Å². The molecule has 0 spiro atoms. The Morgan fingerprint density at radius 2 is 2.00 bits per heavy atom. The minimum atomic E-state index is -1.48. The van der Waals surface area contributed by atoms with Gasteiger partial charge in [-0.1, -0.05) is 24.3 Å². The van der Waals surface area contributed by atoms with Gasteiger partial charge in [0.2, 0.25) is 0 Å².